The monoisotopic (exact) mass is 726 g/mol. The van der Waals surface area contributed by atoms with Gasteiger partial charge >= 0.3 is 0 Å². The Bertz CT molecular complexity index is 2800. The maximum Gasteiger partial charge on any atom is 0.142 e. The summed E-state index contributed by atoms with van der Waals surface area (Å²) in [6.07, 6.45) is 0. The molecular formula is C56H40N+. The normalized spacial score (nSPS) is 13.1. The molecule has 57 heavy (non-hydrogen) atoms. The zero-order valence-electron chi connectivity index (χ0n) is 31.8. The summed E-state index contributed by atoms with van der Waals surface area (Å²) < 4.78 is 0.531. The van der Waals surface area contributed by atoms with Crippen LogP contribution in [0.1, 0.15) is 22.3 Å². The molecule has 0 unspecified atom stereocenters. The van der Waals surface area contributed by atoms with E-state index in [1.165, 1.54) is 95.0 Å². The molecule has 0 aliphatic heterocycles. The van der Waals surface area contributed by atoms with Crippen LogP contribution >= 0.6 is 0 Å². The van der Waals surface area contributed by atoms with Crippen molar-refractivity contribution in [3.8, 4) is 55.6 Å². The first-order chi connectivity index (χ1) is 28.1. The number of rotatable bonds is 6. The van der Waals surface area contributed by atoms with Gasteiger partial charge in [-0.25, -0.2) is 4.48 Å². The Morgan fingerprint density at radius 1 is 0.263 bits per heavy atom. The van der Waals surface area contributed by atoms with Crippen LogP contribution in [0.5, 0.6) is 0 Å². The molecule has 0 aromatic heterocycles. The maximum atomic E-state index is 2.43. The van der Waals surface area contributed by atoms with Crippen molar-refractivity contribution in [3.05, 3.63) is 247 Å². The predicted octanol–water partition coefficient (Wildman–Crippen LogP) is 14.6. The molecule has 1 heteroatoms. The molecule has 0 radical (unpaired) electrons. The van der Waals surface area contributed by atoms with Crippen molar-refractivity contribution >= 4 is 17.1 Å². The van der Waals surface area contributed by atoms with Gasteiger partial charge < -0.3 is 0 Å². The minimum absolute atomic E-state index is 0.326. The standard InChI is InChI=1S/C56H40N/c1-57(45-31-24-41(25-32-45)39-14-4-2-5-15-39,46-33-26-42(27-34-46)40-16-6-3-7-17-40)47-35-28-43(29-36-47)44-30-37-55-51(38-44)50-20-10-13-23-54(50)56(55)52-21-11-8-18-48(52)49-19-9-12-22-53(49)56/h2-38H,1H3/q+1. The zero-order chi connectivity index (χ0) is 38.0. The molecule has 0 atom stereocenters. The Kier molecular flexibility index (Phi) is 7.61. The molecule has 0 amide bonds. The van der Waals surface area contributed by atoms with Gasteiger partial charge in [-0.05, 0) is 120 Å². The largest absolute Gasteiger partial charge is 0.229 e. The van der Waals surface area contributed by atoms with Gasteiger partial charge in [0, 0.05) is 36.4 Å². The van der Waals surface area contributed by atoms with Crippen LogP contribution in [0.4, 0.5) is 17.1 Å². The maximum absolute atomic E-state index is 2.43. The quantitative estimate of drug-likeness (QED) is 0.150. The SMILES string of the molecule is C[N+](c1ccc(-c2ccccc2)cc1)(c1ccc(-c2ccccc2)cc1)c1ccc(-c2ccc3c(c2)-c2ccccc2C32c3ccccc3-c3ccccc32)cc1. The summed E-state index contributed by atoms with van der Waals surface area (Å²) in [5.41, 5.74) is 21.4. The van der Waals surface area contributed by atoms with E-state index in [-0.39, 0.29) is 5.41 Å². The van der Waals surface area contributed by atoms with Gasteiger partial charge in [0.1, 0.15) is 17.1 Å². The molecule has 1 nitrogen and oxygen atoms in total. The van der Waals surface area contributed by atoms with E-state index in [4.69, 9.17) is 0 Å². The molecular weight excluding hydrogens is 687 g/mol. The summed E-state index contributed by atoms with van der Waals surface area (Å²) in [6.45, 7) is 0. The number of nitrogens with zero attached hydrogens (tertiary/aromatic N) is 1. The average molecular weight is 727 g/mol. The van der Waals surface area contributed by atoms with Crippen LogP contribution in [-0.4, -0.2) is 7.05 Å². The Morgan fingerprint density at radius 2 is 0.561 bits per heavy atom. The Balaban J connectivity index is 1.01. The molecule has 0 N–H and O–H groups in total. The van der Waals surface area contributed by atoms with Crippen molar-refractivity contribution in [2.45, 2.75) is 5.41 Å². The number of quaternary nitrogens is 1. The lowest BCUT2D eigenvalue weighted by Crippen LogP contribution is -2.33. The molecule has 1 spiro atoms. The van der Waals surface area contributed by atoms with E-state index >= 15 is 0 Å². The van der Waals surface area contributed by atoms with Crippen LogP contribution < -0.4 is 4.48 Å². The highest BCUT2D eigenvalue weighted by atomic mass is 15.3. The van der Waals surface area contributed by atoms with Gasteiger partial charge in [-0.3, -0.25) is 0 Å². The highest BCUT2D eigenvalue weighted by Gasteiger charge is 2.51. The fourth-order valence-electron chi connectivity index (χ4n) is 9.84. The van der Waals surface area contributed by atoms with E-state index in [2.05, 4.69) is 232 Å². The Morgan fingerprint density at radius 3 is 0.982 bits per heavy atom. The molecule has 0 saturated carbocycles. The predicted molar refractivity (Wildman–Crippen MR) is 239 cm³/mol. The molecule has 268 valence electrons. The number of fused-ring (bicyclic) bond motifs is 10. The van der Waals surface area contributed by atoms with Gasteiger partial charge in [0.05, 0.1) is 12.5 Å². The molecule has 0 bridgehead atoms. The first-order valence-corrected chi connectivity index (χ1v) is 19.9. The van der Waals surface area contributed by atoms with Crippen molar-refractivity contribution in [1.29, 1.82) is 0 Å². The van der Waals surface area contributed by atoms with Gasteiger partial charge in [-0.1, -0.05) is 146 Å². The lowest BCUT2D eigenvalue weighted by atomic mass is 9.70. The van der Waals surface area contributed by atoms with E-state index in [1.54, 1.807) is 0 Å². The van der Waals surface area contributed by atoms with E-state index in [9.17, 15) is 0 Å². The lowest BCUT2D eigenvalue weighted by molar-refractivity contribution is 0.627. The Labute approximate surface area is 335 Å². The lowest BCUT2D eigenvalue weighted by Gasteiger charge is -2.33. The summed E-state index contributed by atoms with van der Waals surface area (Å²) in [4.78, 5) is 0. The topological polar surface area (TPSA) is 0 Å². The van der Waals surface area contributed by atoms with Crippen molar-refractivity contribution in [3.63, 3.8) is 0 Å². The third-order valence-electron chi connectivity index (χ3n) is 12.7. The average Bonchev–Trinajstić information content (AvgIpc) is 3.77. The van der Waals surface area contributed by atoms with Crippen LogP contribution in [0.2, 0.25) is 0 Å². The second kappa shape index (κ2) is 13.0. The smallest absolute Gasteiger partial charge is 0.142 e. The fraction of sp³-hybridized carbons (Fsp3) is 0.0357. The first kappa shape index (κ1) is 33.3. The van der Waals surface area contributed by atoms with E-state index in [0.717, 1.165) is 0 Å². The fourth-order valence-corrected chi connectivity index (χ4v) is 9.84. The van der Waals surface area contributed by atoms with Crippen molar-refractivity contribution in [1.82, 2.24) is 4.48 Å². The summed E-state index contributed by atoms with van der Waals surface area (Å²) in [5.74, 6) is 0. The van der Waals surface area contributed by atoms with Gasteiger partial charge in [-0.2, -0.15) is 0 Å². The third kappa shape index (κ3) is 4.99. The summed E-state index contributed by atoms with van der Waals surface area (Å²) in [5, 5.41) is 0. The molecule has 11 rings (SSSR count). The Hall–Kier alpha value is -7.06. The van der Waals surface area contributed by atoms with Gasteiger partial charge in [0.2, 0.25) is 0 Å². The minimum Gasteiger partial charge on any atom is -0.229 e. The summed E-state index contributed by atoms with van der Waals surface area (Å²) >= 11 is 0. The van der Waals surface area contributed by atoms with Crippen LogP contribution in [-0.2, 0) is 5.41 Å². The summed E-state index contributed by atoms with van der Waals surface area (Å²) in [7, 11) is 2.31. The minimum atomic E-state index is -0.326. The van der Waals surface area contributed by atoms with Crippen molar-refractivity contribution < 1.29 is 0 Å². The molecule has 2 aliphatic carbocycles. The zero-order valence-corrected chi connectivity index (χ0v) is 31.8. The number of benzene rings is 9. The van der Waals surface area contributed by atoms with E-state index in [1.807, 2.05) is 0 Å². The van der Waals surface area contributed by atoms with Crippen LogP contribution in [0.25, 0.3) is 55.6 Å². The first-order valence-electron chi connectivity index (χ1n) is 19.9. The molecule has 9 aromatic carbocycles. The van der Waals surface area contributed by atoms with E-state index in [0.29, 0.717) is 4.48 Å². The molecule has 0 fully saturated rings. The second-order valence-corrected chi connectivity index (χ2v) is 15.5. The van der Waals surface area contributed by atoms with Gasteiger partial charge in [0.25, 0.3) is 0 Å². The van der Waals surface area contributed by atoms with E-state index < -0.39 is 0 Å². The highest BCUT2D eigenvalue weighted by molar-refractivity contribution is 5.96. The van der Waals surface area contributed by atoms with Crippen LogP contribution in [0.15, 0.2) is 224 Å². The van der Waals surface area contributed by atoms with Crippen molar-refractivity contribution in [2.24, 2.45) is 0 Å². The van der Waals surface area contributed by atoms with Crippen LogP contribution in [0, 0.1) is 0 Å². The van der Waals surface area contributed by atoms with Gasteiger partial charge in [-0.15, -0.1) is 0 Å². The second-order valence-electron chi connectivity index (χ2n) is 15.5. The molecule has 9 aromatic rings. The highest BCUT2D eigenvalue weighted by Crippen LogP contribution is 2.63. The summed E-state index contributed by atoms with van der Waals surface area (Å²) in [6, 6.07) is 82.9. The van der Waals surface area contributed by atoms with Crippen LogP contribution in [0.3, 0.4) is 0 Å². The molecule has 0 saturated heterocycles. The molecule has 2 aliphatic rings. The molecule has 0 heterocycles. The number of hydrogen-bond donors (Lipinski definition) is 0. The van der Waals surface area contributed by atoms with Crippen molar-refractivity contribution in [2.75, 3.05) is 7.05 Å². The third-order valence-corrected chi connectivity index (χ3v) is 12.7. The number of hydrogen-bond acceptors (Lipinski definition) is 0. The van der Waals surface area contributed by atoms with Gasteiger partial charge in [0.15, 0.2) is 0 Å².